The first-order valence-electron chi connectivity index (χ1n) is 8.31. The van der Waals surface area contributed by atoms with Gasteiger partial charge in [0.1, 0.15) is 0 Å². The van der Waals surface area contributed by atoms with Gasteiger partial charge in [-0.1, -0.05) is 17.7 Å². The Kier molecular flexibility index (Phi) is 6.59. The first-order chi connectivity index (χ1) is 10.9. The molecule has 1 heterocycles. The summed E-state index contributed by atoms with van der Waals surface area (Å²) in [5.41, 5.74) is 1.05. The second kappa shape index (κ2) is 8.24. The van der Waals surface area contributed by atoms with Crippen LogP contribution >= 0.6 is 0 Å². The van der Waals surface area contributed by atoms with Gasteiger partial charge in [0.2, 0.25) is 10.0 Å². The van der Waals surface area contributed by atoms with E-state index in [0.29, 0.717) is 11.4 Å². The Labute approximate surface area is 140 Å². The van der Waals surface area contributed by atoms with Gasteiger partial charge in [-0.3, -0.25) is 4.90 Å². The number of ether oxygens (including phenoxy) is 1. The molecule has 0 unspecified atom stereocenters. The lowest BCUT2D eigenvalue weighted by Crippen LogP contribution is -2.45. The number of nitrogens with zero attached hydrogens (tertiary/aromatic N) is 1. The monoisotopic (exact) mass is 340 g/mol. The van der Waals surface area contributed by atoms with E-state index in [1.165, 1.54) is 0 Å². The molecule has 23 heavy (non-hydrogen) atoms. The van der Waals surface area contributed by atoms with Crippen molar-refractivity contribution in [3.63, 3.8) is 0 Å². The fraction of sp³-hybridized carbons (Fsp3) is 0.647. The minimum atomic E-state index is -3.38. The summed E-state index contributed by atoms with van der Waals surface area (Å²) in [4.78, 5) is 2.73. The maximum absolute atomic E-state index is 12.2. The number of nitrogens with one attached hydrogen (secondary N) is 1. The van der Waals surface area contributed by atoms with Gasteiger partial charge in [0.05, 0.1) is 17.1 Å². The second-order valence-corrected chi connectivity index (χ2v) is 8.20. The number of hydrogen-bond donors (Lipinski definition) is 1. The number of unbranched alkanes of at least 4 members (excludes halogenated alkanes) is 1. The van der Waals surface area contributed by atoms with E-state index >= 15 is 0 Å². The molecule has 2 atom stereocenters. The Balaban J connectivity index is 1.69. The molecule has 0 aliphatic carbocycles. The van der Waals surface area contributed by atoms with Crippen LogP contribution in [0.15, 0.2) is 29.2 Å². The molecule has 0 radical (unpaired) electrons. The third-order valence-corrected chi connectivity index (χ3v) is 5.50. The summed E-state index contributed by atoms with van der Waals surface area (Å²) in [5, 5.41) is 0. The van der Waals surface area contributed by atoms with E-state index in [1.54, 1.807) is 12.1 Å². The predicted molar refractivity (Wildman–Crippen MR) is 92.1 cm³/mol. The van der Waals surface area contributed by atoms with Gasteiger partial charge in [-0.05, 0) is 52.3 Å². The molecule has 0 spiro atoms. The summed E-state index contributed by atoms with van der Waals surface area (Å²) in [6.45, 7) is 9.52. The highest BCUT2D eigenvalue weighted by atomic mass is 32.2. The number of rotatable bonds is 7. The van der Waals surface area contributed by atoms with Gasteiger partial charge < -0.3 is 4.74 Å². The van der Waals surface area contributed by atoms with Crippen LogP contribution in [0.25, 0.3) is 0 Å². The average Bonchev–Trinajstić information content (AvgIpc) is 2.46. The van der Waals surface area contributed by atoms with Crippen LogP contribution < -0.4 is 4.72 Å². The summed E-state index contributed by atoms with van der Waals surface area (Å²) in [5.74, 6) is 0. The molecular weight excluding hydrogens is 312 g/mol. The van der Waals surface area contributed by atoms with Crippen LogP contribution in [0, 0.1) is 6.92 Å². The van der Waals surface area contributed by atoms with Crippen LogP contribution in [0.2, 0.25) is 0 Å². The fourth-order valence-electron chi connectivity index (χ4n) is 2.93. The van der Waals surface area contributed by atoms with Crippen molar-refractivity contribution in [3.8, 4) is 0 Å². The van der Waals surface area contributed by atoms with Crippen molar-refractivity contribution in [1.82, 2.24) is 9.62 Å². The highest BCUT2D eigenvalue weighted by Crippen LogP contribution is 2.12. The van der Waals surface area contributed by atoms with Crippen molar-refractivity contribution in [1.29, 1.82) is 0 Å². The summed E-state index contributed by atoms with van der Waals surface area (Å²) in [6, 6.07) is 6.92. The molecule has 1 aliphatic rings. The predicted octanol–water partition coefficient (Wildman–Crippen LogP) is 2.16. The molecule has 130 valence electrons. The first-order valence-corrected chi connectivity index (χ1v) is 9.79. The van der Waals surface area contributed by atoms with Crippen LogP contribution in [0.5, 0.6) is 0 Å². The standard InChI is InChI=1S/C17H28N2O3S/c1-14-6-8-17(9-7-14)23(20,21)18-10-4-5-11-19-12-15(2)22-16(3)13-19/h6-9,15-16,18H,4-5,10-13H2,1-3H3/t15-,16+. The van der Waals surface area contributed by atoms with Crippen molar-refractivity contribution >= 4 is 10.0 Å². The minimum absolute atomic E-state index is 0.277. The van der Waals surface area contributed by atoms with E-state index in [2.05, 4.69) is 23.5 Å². The molecule has 1 fully saturated rings. The summed E-state index contributed by atoms with van der Waals surface area (Å²) >= 11 is 0. The van der Waals surface area contributed by atoms with Gasteiger partial charge >= 0.3 is 0 Å². The first kappa shape index (κ1) is 18.4. The zero-order valence-corrected chi connectivity index (χ0v) is 15.1. The maximum Gasteiger partial charge on any atom is 0.240 e. The summed E-state index contributed by atoms with van der Waals surface area (Å²) < 4.78 is 32.7. The Morgan fingerprint density at radius 1 is 1.13 bits per heavy atom. The van der Waals surface area contributed by atoms with Gasteiger partial charge in [0.25, 0.3) is 0 Å². The van der Waals surface area contributed by atoms with Crippen molar-refractivity contribution in [2.75, 3.05) is 26.2 Å². The SMILES string of the molecule is Cc1ccc(S(=O)(=O)NCCCCN2C[C@@H](C)O[C@@H](C)C2)cc1. The van der Waals surface area contributed by atoms with Crippen LogP contribution in [0.3, 0.4) is 0 Å². The Bertz CT molecular complexity index is 576. The van der Waals surface area contributed by atoms with Gasteiger partial charge in [0, 0.05) is 19.6 Å². The molecule has 1 aliphatic heterocycles. The third-order valence-electron chi connectivity index (χ3n) is 4.02. The quantitative estimate of drug-likeness (QED) is 0.773. The van der Waals surface area contributed by atoms with Crippen molar-refractivity contribution in [3.05, 3.63) is 29.8 Å². The largest absolute Gasteiger partial charge is 0.373 e. The number of sulfonamides is 1. The molecule has 6 heteroatoms. The smallest absolute Gasteiger partial charge is 0.240 e. The molecule has 0 aromatic heterocycles. The molecule has 1 aromatic carbocycles. The Morgan fingerprint density at radius 2 is 1.74 bits per heavy atom. The summed E-state index contributed by atoms with van der Waals surface area (Å²) in [7, 11) is -3.38. The Morgan fingerprint density at radius 3 is 2.35 bits per heavy atom. The van der Waals surface area contributed by atoms with Gasteiger partial charge in [0.15, 0.2) is 0 Å². The van der Waals surface area contributed by atoms with Crippen LogP contribution in [0.1, 0.15) is 32.3 Å². The number of aryl methyl sites for hydroxylation is 1. The van der Waals surface area contributed by atoms with E-state index in [4.69, 9.17) is 4.74 Å². The summed E-state index contributed by atoms with van der Waals surface area (Å²) in [6.07, 6.45) is 2.37. The molecule has 0 bridgehead atoms. The van der Waals surface area contributed by atoms with Gasteiger partial charge in [-0.25, -0.2) is 13.1 Å². The molecule has 5 nitrogen and oxygen atoms in total. The minimum Gasteiger partial charge on any atom is -0.373 e. The number of benzene rings is 1. The van der Waals surface area contributed by atoms with Crippen molar-refractivity contribution in [2.24, 2.45) is 0 Å². The van der Waals surface area contributed by atoms with Crippen molar-refractivity contribution < 1.29 is 13.2 Å². The second-order valence-electron chi connectivity index (χ2n) is 6.43. The van der Waals surface area contributed by atoms with Crippen molar-refractivity contribution in [2.45, 2.75) is 50.7 Å². The van der Waals surface area contributed by atoms with E-state index in [1.807, 2.05) is 19.1 Å². The topological polar surface area (TPSA) is 58.6 Å². The average molecular weight is 340 g/mol. The van der Waals surface area contributed by atoms with Crippen LogP contribution in [-0.4, -0.2) is 51.7 Å². The normalized spacial score (nSPS) is 23.1. The molecule has 1 aromatic rings. The fourth-order valence-corrected chi connectivity index (χ4v) is 4.01. The zero-order valence-electron chi connectivity index (χ0n) is 14.3. The molecule has 1 saturated heterocycles. The van der Waals surface area contributed by atoms with E-state index in [0.717, 1.165) is 38.0 Å². The molecular formula is C17H28N2O3S. The zero-order chi connectivity index (χ0) is 16.9. The van der Waals surface area contributed by atoms with E-state index < -0.39 is 10.0 Å². The molecule has 0 saturated carbocycles. The van der Waals surface area contributed by atoms with E-state index in [-0.39, 0.29) is 12.2 Å². The lowest BCUT2D eigenvalue weighted by Gasteiger charge is -2.35. The molecule has 0 amide bonds. The number of morpholine rings is 1. The Hall–Kier alpha value is -0.950. The molecule has 1 N–H and O–H groups in total. The van der Waals surface area contributed by atoms with Gasteiger partial charge in [-0.15, -0.1) is 0 Å². The van der Waals surface area contributed by atoms with Crippen LogP contribution in [-0.2, 0) is 14.8 Å². The number of hydrogen-bond acceptors (Lipinski definition) is 4. The van der Waals surface area contributed by atoms with Gasteiger partial charge in [-0.2, -0.15) is 0 Å². The maximum atomic E-state index is 12.2. The highest BCUT2D eigenvalue weighted by molar-refractivity contribution is 7.89. The van der Waals surface area contributed by atoms with E-state index in [9.17, 15) is 8.42 Å². The lowest BCUT2D eigenvalue weighted by molar-refractivity contribution is -0.0681. The lowest BCUT2D eigenvalue weighted by atomic mass is 10.2. The highest BCUT2D eigenvalue weighted by Gasteiger charge is 2.21. The molecule has 2 rings (SSSR count). The third kappa shape index (κ3) is 5.88. The van der Waals surface area contributed by atoms with Crippen LogP contribution in [0.4, 0.5) is 0 Å².